The van der Waals surface area contributed by atoms with Gasteiger partial charge in [0.2, 0.25) is 5.91 Å². The SMILES string of the molecule is COc1ccc(-c2cc(N3CCC[C@@H](C(=O)N[C@H](C)c4ccccc4)C3)ncn2)cc1. The fourth-order valence-corrected chi connectivity index (χ4v) is 4.00. The highest BCUT2D eigenvalue weighted by atomic mass is 16.5. The summed E-state index contributed by atoms with van der Waals surface area (Å²) in [7, 11) is 1.65. The Labute approximate surface area is 183 Å². The zero-order valence-electron chi connectivity index (χ0n) is 18.0. The largest absolute Gasteiger partial charge is 0.497 e. The molecule has 0 saturated carbocycles. The highest BCUT2D eigenvalue weighted by molar-refractivity contribution is 5.80. The molecule has 4 rings (SSSR count). The van der Waals surface area contributed by atoms with Crippen LogP contribution in [0.4, 0.5) is 5.82 Å². The lowest BCUT2D eigenvalue weighted by Gasteiger charge is -2.33. The third-order valence-corrected chi connectivity index (χ3v) is 5.81. The number of anilines is 1. The van der Waals surface area contributed by atoms with Crippen molar-refractivity contribution in [3.05, 3.63) is 72.6 Å². The van der Waals surface area contributed by atoms with E-state index in [1.165, 1.54) is 0 Å². The molecule has 2 atom stereocenters. The average molecular weight is 417 g/mol. The number of piperidine rings is 1. The number of hydrogen-bond acceptors (Lipinski definition) is 5. The van der Waals surface area contributed by atoms with E-state index in [-0.39, 0.29) is 17.9 Å². The van der Waals surface area contributed by atoms with E-state index in [0.717, 1.165) is 47.8 Å². The smallest absolute Gasteiger partial charge is 0.225 e. The maximum Gasteiger partial charge on any atom is 0.225 e. The topological polar surface area (TPSA) is 67.3 Å². The Morgan fingerprint density at radius 1 is 1.13 bits per heavy atom. The molecule has 2 heterocycles. The van der Waals surface area contributed by atoms with Crippen molar-refractivity contribution in [3.8, 4) is 17.0 Å². The summed E-state index contributed by atoms with van der Waals surface area (Å²) in [5, 5.41) is 3.18. The summed E-state index contributed by atoms with van der Waals surface area (Å²) < 4.78 is 5.23. The predicted molar refractivity (Wildman–Crippen MR) is 122 cm³/mol. The third kappa shape index (κ3) is 5.02. The molecule has 1 fully saturated rings. The van der Waals surface area contributed by atoms with Gasteiger partial charge in [0.15, 0.2) is 0 Å². The molecule has 1 aliphatic rings. The van der Waals surface area contributed by atoms with Crippen LogP contribution in [0, 0.1) is 5.92 Å². The van der Waals surface area contributed by atoms with Gasteiger partial charge >= 0.3 is 0 Å². The third-order valence-electron chi connectivity index (χ3n) is 5.81. The van der Waals surface area contributed by atoms with Crippen LogP contribution in [0.5, 0.6) is 5.75 Å². The van der Waals surface area contributed by atoms with Crippen LogP contribution >= 0.6 is 0 Å². The fraction of sp³-hybridized carbons (Fsp3) is 0.320. The monoisotopic (exact) mass is 416 g/mol. The number of nitrogens with one attached hydrogen (secondary N) is 1. The molecule has 1 amide bonds. The fourth-order valence-electron chi connectivity index (χ4n) is 4.00. The first kappa shape index (κ1) is 20.8. The average Bonchev–Trinajstić information content (AvgIpc) is 2.84. The summed E-state index contributed by atoms with van der Waals surface area (Å²) >= 11 is 0. The number of rotatable bonds is 6. The Morgan fingerprint density at radius 2 is 1.90 bits per heavy atom. The number of benzene rings is 2. The zero-order valence-corrected chi connectivity index (χ0v) is 18.0. The molecule has 2 aromatic carbocycles. The highest BCUT2D eigenvalue weighted by Gasteiger charge is 2.27. The van der Waals surface area contributed by atoms with Crippen LogP contribution in [0.1, 0.15) is 31.4 Å². The van der Waals surface area contributed by atoms with E-state index in [4.69, 9.17) is 4.74 Å². The molecule has 1 N–H and O–H groups in total. The van der Waals surface area contributed by atoms with E-state index in [9.17, 15) is 4.79 Å². The first-order valence-electron chi connectivity index (χ1n) is 10.7. The van der Waals surface area contributed by atoms with E-state index < -0.39 is 0 Å². The van der Waals surface area contributed by atoms with Gasteiger partial charge in [-0.25, -0.2) is 9.97 Å². The zero-order chi connectivity index (χ0) is 21.6. The van der Waals surface area contributed by atoms with Crippen molar-refractivity contribution in [3.63, 3.8) is 0 Å². The molecule has 0 radical (unpaired) electrons. The molecule has 6 heteroatoms. The molecule has 0 spiro atoms. The van der Waals surface area contributed by atoms with Gasteiger partial charge in [0, 0.05) is 24.7 Å². The molecule has 3 aromatic rings. The molecule has 160 valence electrons. The molecule has 0 aliphatic carbocycles. The summed E-state index contributed by atoms with van der Waals surface area (Å²) in [5.41, 5.74) is 2.98. The maximum absolute atomic E-state index is 12.9. The number of amides is 1. The van der Waals surface area contributed by atoms with E-state index in [2.05, 4.69) is 20.2 Å². The van der Waals surface area contributed by atoms with Crippen LogP contribution in [-0.2, 0) is 4.79 Å². The minimum Gasteiger partial charge on any atom is -0.497 e. The number of hydrogen-bond donors (Lipinski definition) is 1. The Bertz CT molecular complexity index is 1010. The van der Waals surface area contributed by atoms with E-state index in [1.54, 1.807) is 13.4 Å². The van der Waals surface area contributed by atoms with E-state index in [1.807, 2.05) is 67.6 Å². The highest BCUT2D eigenvalue weighted by Crippen LogP contribution is 2.26. The number of carbonyl (C=O) groups is 1. The minimum absolute atomic E-state index is 0.00944. The molecule has 1 saturated heterocycles. The minimum atomic E-state index is -0.0562. The van der Waals surface area contributed by atoms with Crippen LogP contribution < -0.4 is 15.0 Å². The van der Waals surface area contributed by atoms with Gasteiger partial charge in [-0.05, 0) is 49.6 Å². The second-order valence-corrected chi connectivity index (χ2v) is 7.92. The van der Waals surface area contributed by atoms with Crippen LogP contribution in [0.25, 0.3) is 11.3 Å². The number of methoxy groups -OCH3 is 1. The number of nitrogens with zero attached hydrogens (tertiary/aromatic N) is 3. The van der Waals surface area contributed by atoms with Crippen molar-refractivity contribution in [1.29, 1.82) is 0 Å². The Balaban J connectivity index is 1.44. The lowest BCUT2D eigenvalue weighted by Crippen LogP contribution is -2.44. The van der Waals surface area contributed by atoms with Crippen LogP contribution in [0.15, 0.2) is 67.0 Å². The van der Waals surface area contributed by atoms with Gasteiger partial charge in [-0.3, -0.25) is 4.79 Å². The van der Waals surface area contributed by atoms with E-state index >= 15 is 0 Å². The van der Waals surface area contributed by atoms with Crippen LogP contribution in [0.3, 0.4) is 0 Å². The first-order valence-corrected chi connectivity index (χ1v) is 10.7. The van der Waals surface area contributed by atoms with Crippen molar-refractivity contribution < 1.29 is 9.53 Å². The normalized spacial score (nSPS) is 17.1. The Morgan fingerprint density at radius 3 is 2.65 bits per heavy atom. The molecule has 0 bridgehead atoms. The van der Waals surface area contributed by atoms with Crippen LogP contribution in [0.2, 0.25) is 0 Å². The van der Waals surface area contributed by atoms with Gasteiger partial charge < -0.3 is 15.0 Å². The van der Waals surface area contributed by atoms with Gasteiger partial charge in [-0.1, -0.05) is 30.3 Å². The van der Waals surface area contributed by atoms with Crippen molar-refractivity contribution >= 4 is 11.7 Å². The molecule has 6 nitrogen and oxygen atoms in total. The van der Waals surface area contributed by atoms with Crippen LogP contribution in [-0.4, -0.2) is 36.1 Å². The quantitative estimate of drug-likeness (QED) is 0.651. The molecular weight excluding hydrogens is 388 g/mol. The van der Waals surface area contributed by atoms with Crippen molar-refractivity contribution in [1.82, 2.24) is 15.3 Å². The van der Waals surface area contributed by atoms with Gasteiger partial charge in [-0.15, -0.1) is 0 Å². The van der Waals surface area contributed by atoms with Crippen molar-refractivity contribution in [2.75, 3.05) is 25.1 Å². The molecule has 31 heavy (non-hydrogen) atoms. The maximum atomic E-state index is 12.9. The van der Waals surface area contributed by atoms with E-state index in [0.29, 0.717) is 6.54 Å². The van der Waals surface area contributed by atoms with Gasteiger partial charge in [-0.2, -0.15) is 0 Å². The van der Waals surface area contributed by atoms with Crippen molar-refractivity contribution in [2.24, 2.45) is 5.92 Å². The predicted octanol–water partition coefficient (Wildman–Crippen LogP) is 4.25. The Hall–Kier alpha value is -3.41. The standard InChI is InChI=1S/C25H28N4O2/c1-18(19-7-4-3-5-8-19)28-25(30)21-9-6-14-29(16-21)24-15-23(26-17-27-24)20-10-12-22(31-2)13-11-20/h3-5,7-8,10-13,15,17-18,21H,6,9,14,16H2,1-2H3,(H,28,30)/t18-,21-/m1/s1. The van der Waals surface area contributed by atoms with Gasteiger partial charge in [0.1, 0.15) is 17.9 Å². The summed E-state index contributed by atoms with van der Waals surface area (Å²) in [6.07, 6.45) is 3.44. The number of ether oxygens (including phenoxy) is 1. The molecule has 0 unspecified atom stereocenters. The van der Waals surface area contributed by atoms with Crippen molar-refractivity contribution in [2.45, 2.75) is 25.8 Å². The first-order chi connectivity index (χ1) is 15.1. The van der Waals surface area contributed by atoms with Gasteiger partial charge in [0.05, 0.1) is 24.8 Å². The summed E-state index contributed by atoms with van der Waals surface area (Å²) in [4.78, 5) is 24.0. The summed E-state index contributed by atoms with van der Waals surface area (Å²) in [6, 6.07) is 19.9. The Kier molecular flexibility index (Phi) is 6.46. The second kappa shape index (κ2) is 9.60. The molecule has 1 aliphatic heterocycles. The number of aromatic nitrogens is 2. The summed E-state index contributed by atoms with van der Waals surface area (Å²) in [5.74, 6) is 1.71. The lowest BCUT2D eigenvalue weighted by molar-refractivity contribution is -0.125. The van der Waals surface area contributed by atoms with Gasteiger partial charge in [0.25, 0.3) is 0 Å². The number of carbonyl (C=O) groups excluding carboxylic acids is 1. The molecule has 1 aromatic heterocycles. The second-order valence-electron chi connectivity index (χ2n) is 7.92. The molecular formula is C25H28N4O2. The summed E-state index contributed by atoms with van der Waals surface area (Å²) in [6.45, 7) is 3.57. The lowest BCUT2D eigenvalue weighted by atomic mass is 9.96.